The molecule has 0 aliphatic rings. The fourth-order valence-electron chi connectivity index (χ4n) is 10.3. The summed E-state index contributed by atoms with van der Waals surface area (Å²) in [5.74, 6) is 2.04. The van der Waals surface area contributed by atoms with E-state index in [1.54, 1.807) is 0 Å². The third-order valence-corrected chi connectivity index (χ3v) is 14.8. The van der Waals surface area contributed by atoms with Crippen molar-refractivity contribution in [1.82, 2.24) is 14.1 Å². The largest absolute Gasteiger partial charge is 0.458 e. The van der Waals surface area contributed by atoms with Crippen LogP contribution in [0.5, 0.6) is 11.5 Å². The second kappa shape index (κ2) is 18.3. The normalized spacial score (nSPS) is 14.4. The van der Waals surface area contributed by atoms with Crippen molar-refractivity contribution in [2.24, 2.45) is 0 Å². The first-order valence-electron chi connectivity index (χ1n) is 29.4. The number of hydrogen-bond acceptors (Lipinski definition) is 2. The second-order valence-electron chi connectivity index (χ2n) is 25.7. The first-order valence-corrected chi connectivity index (χ1v) is 26.4. The third-order valence-electron chi connectivity index (χ3n) is 14.8. The molecule has 0 bridgehead atoms. The average Bonchev–Trinajstić information content (AvgIpc) is 4.14. The smallest absolute Gasteiger partial charge is 0.269 e. The number of nitrogens with zero attached hydrogens (tertiary/aromatic N) is 4. The van der Waals surface area contributed by atoms with Crippen molar-refractivity contribution in [1.29, 1.82) is 0 Å². The molecule has 0 aliphatic carbocycles. The maximum atomic E-state index is 8.67. The quantitative estimate of drug-likeness (QED) is 0.118. The zero-order chi connectivity index (χ0) is 58.7. The van der Waals surface area contributed by atoms with Crippen molar-refractivity contribution in [2.75, 3.05) is 0 Å². The number of fused-ring (bicyclic) bond motifs is 4. The number of aromatic nitrogens is 4. The first kappa shape index (κ1) is 44.1. The Hall–Kier alpha value is -7.24. The average molecular weight is 995 g/mol. The van der Waals surface area contributed by atoms with Crippen LogP contribution in [-0.4, -0.2) is 14.1 Å². The molecule has 5 nitrogen and oxygen atoms in total. The van der Waals surface area contributed by atoms with Crippen LogP contribution in [0.25, 0.3) is 72.3 Å². The molecule has 10 aromatic rings. The number of benzene rings is 7. The number of ether oxygens (including phenoxy) is 1. The monoisotopic (exact) mass is 995 g/mol. The van der Waals surface area contributed by atoms with Gasteiger partial charge in [0.05, 0.1) is 33.4 Å². The number of imidazole rings is 1. The Bertz CT molecular complexity index is 4020. The minimum absolute atomic E-state index is 0.0296. The lowest BCUT2D eigenvalue weighted by molar-refractivity contribution is -0.572. The molecule has 0 atom stereocenters. The molecule has 0 N–H and O–H groups in total. The maximum Gasteiger partial charge on any atom is 0.269 e. The van der Waals surface area contributed by atoms with E-state index in [0.717, 1.165) is 61.2 Å². The van der Waals surface area contributed by atoms with Gasteiger partial charge in [-0.3, -0.25) is 13.7 Å². The van der Waals surface area contributed by atoms with Crippen LogP contribution in [0, 0.1) is 20.0 Å². The Kier molecular flexibility index (Phi) is 10.7. The SMILES string of the molecule is [2H]C([2H])([2H])c1cccc(C([2H])([2H])[2H])c1-c1ccc2c(c1)n(-c1cccc(Oc3ccc4c5ccccc5n(-c5cc(C(C)(C)C)ccn5)c4c3)c1)[c-][n+]2-c1c(-c2cc(C(C)(C)C)cc(C(C)(C)C)c2)cc(C(C)(C)C)cc1C(C)(C)C. The summed E-state index contributed by atoms with van der Waals surface area (Å²) in [7, 11) is 0. The van der Waals surface area contributed by atoms with E-state index in [-0.39, 0.29) is 43.8 Å². The Labute approximate surface area is 455 Å². The highest BCUT2D eigenvalue weighted by atomic mass is 16.5. The number of hydrogen-bond donors (Lipinski definition) is 0. The van der Waals surface area contributed by atoms with Crippen molar-refractivity contribution < 1.29 is 17.5 Å². The van der Waals surface area contributed by atoms with Gasteiger partial charge in [-0.15, -0.1) is 0 Å². The minimum atomic E-state index is -2.60. The predicted molar refractivity (Wildman–Crippen MR) is 316 cm³/mol. The Morgan fingerprint density at radius 3 is 1.77 bits per heavy atom. The number of aryl methyl sites for hydroxylation is 2. The standard InChI is InChI=1S/C70H76N4O/c1-44-22-20-23-45(2)64(44)46-28-31-60-62(36-46)72(43-73(60)65-57(38-51(69(12,13)14)39-58(65)70(15,16)17)47-34-49(67(6,7)8)37-50(35-47)68(9,10)11)52-24-21-25-53(41-52)75-54-29-30-56-55-26-18-19-27-59(55)74(61(56)42-54)63-40-48(32-33-71-63)66(3,4)5/h18-42H,1-17H3/i1D3,2D3. The van der Waals surface area contributed by atoms with Crippen molar-refractivity contribution in [3.63, 3.8) is 0 Å². The second-order valence-corrected chi connectivity index (χ2v) is 25.7. The van der Waals surface area contributed by atoms with Crippen molar-refractivity contribution in [2.45, 2.75) is 145 Å². The number of rotatable bonds is 7. The van der Waals surface area contributed by atoms with E-state index in [4.69, 9.17) is 17.9 Å². The van der Waals surface area contributed by atoms with Gasteiger partial charge in [-0.2, -0.15) is 0 Å². The highest BCUT2D eigenvalue weighted by Gasteiger charge is 2.30. The molecule has 0 saturated heterocycles. The molecule has 3 heterocycles. The fourth-order valence-corrected chi connectivity index (χ4v) is 10.3. The van der Waals surface area contributed by atoms with Gasteiger partial charge in [-0.05, 0) is 157 Å². The van der Waals surface area contributed by atoms with Gasteiger partial charge in [0.25, 0.3) is 6.33 Å². The summed E-state index contributed by atoms with van der Waals surface area (Å²) in [4.78, 5) is 4.90. The lowest BCUT2D eigenvalue weighted by atomic mass is 9.75. The van der Waals surface area contributed by atoms with E-state index < -0.39 is 13.7 Å². The minimum Gasteiger partial charge on any atom is -0.458 e. The summed E-state index contributed by atoms with van der Waals surface area (Å²) in [5.41, 5.74) is 12.9. The van der Waals surface area contributed by atoms with Crippen LogP contribution in [0.2, 0.25) is 0 Å². The lowest BCUT2D eigenvalue weighted by Gasteiger charge is -2.31. The molecule has 382 valence electrons. The van der Waals surface area contributed by atoms with E-state index in [9.17, 15) is 0 Å². The van der Waals surface area contributed by atoms with Crippen LogP contribution in [0.15, 0.2) is 152 Å². The molecule has 0 unspecified atom stereocenters. The van der Waals surface area contributed by atoms with Gasteiger partial charge in [-0.1, -0.05) is 189 Å². The zero-order valence-electron chi connectivity index (χ0n) is 52.6. The number of pyridine rings is 1. The predicted octanol–water partition coefficient (Wildman–Crippen LogP) is 18.4. The first-order chi connectivity index (χ1) is 37.6. The Balaban J connectivity index is 1.24. The van der Waals surface area contributed by atoms with E-state index in [1.807, 2.05) is 59.3 Å². The van der Waals surface area contributed by atoms with Crippen LogP contribution in [-0.2, 0) is 27.1 Å². The third kappa shape index (κ3) is 9.72. The van der Waals surface area contributed by atoms with Gasteiger partial charge in [-0.25, -0.2) is 4.98 Å². The van der Waals surface area contributed by atoms with Gasteiger partial charge in [0, 0.05) is 31.3 Å². The van der Waals surface area contributed by atoms with Gasteiger partial charge in [0.2, 0.25) is 0 Å². The molecule has 0 amide bonds. The van der Waals surface area contributed by atoms with Gasteiger partial charge in [0.1, 0.15) is 17.3 Å². The summed E-state index contributed by atoms with van der Waals surface area (Å²) >= 11 is 0. The van der Waals surface area contributed by atoms with Gasteiger partial charge < -0.3 is 4.74 Å². The highest BCUT2D eigenvalue weighted by Crippen LogP contribution is 2.43. The van der Waals surface area contributed by atoms with Crippen LogP contribution in [0.3, 0.4) is 0 Å². The maximum absolute atomic E-state index is 8.67. The van der Waals surface area contributed by atoms with Gasteiger partial charge in [0.15, 0.2) is 0 Å². The molecule has 10 rings (SSSR count). The van der Waals surface area contributed by atoms with Crippen molar-refractivity contribution >= 4 is 32.8 Å². The van der Waals surface area contributed by atoms with Crippen LogP contribution in [0.4, 0.5) is 0 Å². The topological polar surface area (TPSA) is 35.9 Å². The van der Waals surface area contributed by atoms with Crippen LogP contribution < -0.4 is 9.30 Å². The van der Waals surface area contributed by atoms with Gasteiger partial charge >= 0.3 is 0 Å². The molecule has 0 aliphatic heterocycles. The molecular weight excluding hydrogens is 913 g/mol. The van der Waals surface area contributed by atoms with E-state index in [2.05, 4.69) is 198 Å². The summed E-state index contributed by atoms with van der Waals surface area (Å²) in [6.45, 7) is 28.6. The zero-order valence-corrected chi connectivity index (χ0v) is 46.6. The molecule has 0 saturated carbocycles. The Morgan fingerprint density at radius 1 is 0.493 bits per heavy atom. The highest BCUT2D eigenvalue weighted by molar-refractivity contribution is 6.09. The van der Waals surface area contributed by atoms with Crippen molar-refractivity contribution in [3.8, 4) is 50.9 Å². The van der Waals surface area contributed by atoms with E-state index >= 15 is 0 Å². The van der Waals surface area contributed by atoms with Crippen molar-refractivity contribution in [3.05, 3.63) is 197 Å². The fraction of sp³-hybridized carbons (Fsp3) is 0.314. The molecular formula is C70H76N4O. The molecule has 5 heteroatoms. The summed E-state index contributed by atoms with van der Waals surface area (Å²) in [6, 6.07) is 48.8. The summed E-state index contributed by atoms with van der Waals surface area (Å²) < 4.78 is 65.2. The van der Waals surface area contributed by atoms with E-state index in [1.165, 1.54) is 40.5 Å². The molecule has 3 aromatic heterocycles. The molecule has 0 spiro atoms. The summed E-state index contributed by atoms with van der Waals surface area (Å²) in [6.07, 6.45) is 5.76. The summed E-state index contributed by atoms with van der Waals surface area (Å²) in [5, 5.41) is 2.19. The molecule has 75 heavy (non-hydrogen) atoms. The lowest BCUT2D eigenvalue weighted by Crippen LogP contribution is -2.35. The van der Waals surface area contributed by atoms with Crippen LogP contribution >= 0.6 is 0 Å². The number of para-hydroxylation sites is 1. The molecule has 7 aromatic carbocycles. The van der Waals surface area contributed by atoms with Crippen LogP contribution in [0.1, 0.15) is 151 Å². The Morgan fingerprint density at radius 2 is 1.12 bits per heavy atom. The molecule has 0 radical (unpaired) electrons. The van der Waals surface area contributed by atoms with E-state index in [0.29, 0.717) is 22.6 Å². The molecule has 0 fully saturated rings.